The van der Waals surface area contributed by atoms with Crippen molar-refractivity contribution < 1.29 is 9.90 Å². The number of carboxylic acid groups (broad SMARTS) is 1. The van der Waals surface area contributed by atoms with Crippen LogP contribution in [-0.4, -0.2) is 17.1 Å². The summed E-state index contributed by atoms with van der Waals surface area (Å²) in [5.41, 5.74) is 5.62. The van der Waals surface area contributed by atoms with E-state index in [0.29, 0.717) is 11.8 Å². The lowest BCUT2D eigenvalue weighted by Crippen LogP contribution is -2.41. The SMILES string of the molecule is C[C@@H]1CC([C@H](N)C(=O)O)C[C@H](C)C1.Cl. The highest BCUT2D eigenvalue weighted by atomic mass is 35.5. The van der Waals surface area contributed by atoms with Crippen molar-refractivity contribution in [3.8, 4) is 0 Å². The van der Waals surface area contributed by atoms with E-state index >= 15 is 0 Å². The van der Waals surface area contributed by atoms with E-state index in [-0.39, 0.29) is 18.3 Å². The summed E-state index contributed by atoms with van der Waals surface area (Å²) in [4.78, 5) is 10.7. The van der Waals surface area contributed by atoms with Gasteiger partial charge in [0.2, 0.25) is 0 Å². The van der Waals surface area contributed by atoms with Crippen LogP contribution in [0, 0.1) is 17.8 Å². The molecule has 0 spiro atoms. The molecule has 0 radical (unpaired) electrons. The van der Waals surface area contributed by atoms with Gasteiger partial charge in [0.1, 0.15) is 6.04 Å². The van der Waals surface area contributed by atoms with Gasteiger partial charge in [0.15, 0.2) is 0 Å². The third-order valence-electron chi connectivity index (χ3n) is 3.01. The lowest BCUT2D eigenvalue weighted by atomic mass is 9.74. The van der Waals surface area contributed by atoms with Crippen molar-refractivity contribution in [3.05, 3.63) is 0 Å². The van der Waals surface area contributed by atoms with Gasteiger partial charge in [0.25, 0.3) is 0 Å². The molecule has 0 aromatic carbocycles. The van der Waals surface area contributed by atoms with Gasteiger partial charge in [-0.05, 0) is 37.0 Å². The van der Waals surface area contributed by atoms with Crippen molar-refractivity contribution in [2.45, 2.75) is 39.2 Å². The van der Waals surface area contributed by atoms with Crippen LogP contribution in [0.15, 0.2) is 0 Å². The molecule has 0 bridgehead atoms. The second-order valence-electron chi connectivity index (χ2n) is 4.54. The van der Waals surface area contributed by atoms with Gasteiger partial charge in [-0.15, -0.1) is 12.4 Å². The summed E-state index contributed by atoms with van der Waals surface area (Å²) in [6.45, 7) is 4.36. The molecule has 0 heterocycles. The molecule has 1 aliphatic rings. The third-order valence-corrected chi connectivity index (χ3v) is 3.01. The summed E-state index contributed by atoms with van der Waals surface area (Å²) in [6.07, 6.45) is 3.15. The number of hydrogen-bond donors (Lipinski definition) is 2. The molecule has 0 aromatic rings. The van der Waals surface area contributed by atoms with Crippen LogP contribution >= 0.6 is 12.4 Å². The Bertz CT molecular complexity index is 189. The smallest absolute Gasteiger partial charge is 0.320 e. The van der Waals surface area contributed by atoms with Crippen LogP contribution in [0.1, 0.15) is 33.1 Å². The second kappa shape index (κ2) is 5.56. The summed E-state index contributed by atoms with van der Waals surface area (Å²) in [5.74, 6) is 0.570. The molecule has 0 amide bonds. The maximum atomic E-state index is 10.7. The average molecular weight is 222 g/mol. The summed E-state index contributed by atoms with van der Waals surface area (Å²) in [7, 11) is 0. The number of carbonyl (C=O) groups is 1. The van der Waals surface area contributed by atoms with Gasteiger partial charge in [-0.2, -0.15) is 0 Å². The van der Waals surface area contributed by atoms with Crippen molar-refractivity contribution in [2.24, 2.45) is 23.5 Å². The third kappa shape index (κ3) is 3.46. The van der Waals surface area contributed by atoms with E-state index in [0.717, 1.165) is 12.8 Å². The number of carboxylic acids is 1. The molecule has 84 valence electrons. The Hall–Kier alpha value is -0.280. The van der Waals surface area contributed by atoms with E-state index in [1.807, 2.05) is 0 Å². The van der Waals surface area contributed by atoms with E-state index in [4.69, 9.17) is 10.8 Å². The van der Waals surface area contributed by atoms with Gasteiger partial charge >= 0.3 is 5.97 Å². The predicted octanol–water partition coefficient (Wildman–Crippen LogP) is 1.89. The highest BCUT2D eigenvalue weighted by Crippen LogP contribution is 2.34. The molecular weight excluding hydrogens is 202 g/mol. The van der Waals surface area contributed by atoms with E-state index < -0.39 is 12.0 Å². The summed E-state index contributed by atoms with van der Waals surface area (Å²) in [6, 6.07) is -0.662. The minimum Gasteiger partial charge on any atom is -0.480 e. The minimum atomic E-state index is -0.855. The van der Waals surface area contributed by atoms with E-state index in [1.165, 1.54) is 6.42 Å². The minimum absolute atomic E-state index is 0. The Morgan fingerprint density at radius 1 is 1.29 bits per heavy atom. The van der Waals surface area contributed by atoms with E-state index in [2.05, 4.69) is 13.8 Å². The largest absolute Gasteiger partial charge is 0.480 e. The molecule has 0 aromatic heterocycles. The highest BCUT2D eigenvalue weighted by molar-refractivity contribution is 5.85. The number of halogens is 1. The van der Waals surface area contributed by atoms with Crippen LogP contribution in [0.2, 0.25) is 0 Å². The maximum Gasteiger partial charge on any atom is 0.320 e. The Morgan fingerprint density at radius 3 is 2.07 bits per heavy atom. The standard InChI is InChI=1S/C10H19NO2.ClH/c1-6-3-7(2)5-8(4-6)9(11)10(12)13;/h6-9H,3-5,11H2,1-2H3,(H,12,13);1H/t6-,7+,8?,9-;/m0./s1. The van der Waals surface area contributed by atoms with Crippen molar-refractivity contribution >= 4 is 18.4 Å². The zero-order valence-corrected chi connectivity index (χ0v) is 9.59. The molecule has 0 aliphatic heterocycles. The first-order chi connectivity index (χ1) is 6.00. The zero-order chi connectivity index (χ0) is 10.0. The van der Waals surface area contributed by atoms with Gasteiger partial charge in [0.05, 0.1) is 0 Å². The number of nitrogens with two attached hydrogens (primary N) is 1. The molecule has 1 aliphatic carbocycles. The fraction of sp³-hybridized carbons (Fsp3) is 0.900. The molecule has 3 N–H and O–H groups in total. The van der Waals surface area contributed by atoms with Crippen molar-refractivity contribution in [1.82, 2.24) is 0 Å². The van der Waals surface area contributed by atoms with E-state index in [9.17, 15) is 4.79 Å². The molecule has 1 unspecified atom stereocenters. The second-order valence-corrected chi connectivity index (χ2v) is 4.54. The first kappa shape index (κ1) is 13.7. The van der Waals surface area contributed by atoms with Crippen LogP contribution in [-0.2, 0) is 4.79 Å². The first-order valence-corrected chi connectivity index (χ1v) is 4.99. The first-order valence-electron chi connectivity index (χ1n) is 4.99. The fourth-order valence-electron chi connectivity index (χ4n) is 2.50. The lowest BCUT2D eigenvalue weighted by Gasteiger charge is -2.33. The molecule has 14 heavy (non-hydrogen) atoms. The number of aliphatic carboxylic acids is 1. The summed E-state index contributed by atoms with van der Waals surface area (Å²) in [5, 5.41) is 8.78. The molecule has 0 saturated heterocycles. The Balaban J connectivity index is 0.00000169. The Kier molecular flexibility index (Phi) is 5.45. The predicted molar refractivity (Wildman–Crippen MR) is 58.5 cm³/mol. The van der Waals surface area contributed by atoms with Crippen LogP contribution in [0.4, 0.5) is 0 Å². The molecule has 4 atom stereocenters. The highest BCUT2D eigenvalue weighted by Gasteiger charge is 2.31. The number of rotatable bonds is 2. The topological polar surface area (TPSA) is 63.3 Å². The maximum absolute atomic E-state index is 10.7. The average Bonchev–Trinajstić information content (AvgIpc) is 2.01. The summed E-state index contributed by atoms with van der Waals surface area (Å²) >= 11 is 0. The van der Waals surface area contributed by atoms with Crippen LogP contribution < -0.4 is 5.73 Å². The molecule has 4 heteroatoms. The van der Waals surface area contributed by atoms with Crippen molar-refractivity contribution in [2.75, 3.05) is 0 Å². The lowest BCUT2D eigenvalue weighted by molar-refractivity contribution is -0.140. The van der Waals surface area contributed by atoms with Gasteiger partial charge < -0.3 is 10.8 Å². The molecule has 1 rings (SSSR count). The molecule has 3 nitrogen and oxygen atoms in total. The monoisotopic (exact) mass is 221 g/mol. The molecular formula is C10H20ClNO2. The number of hydrogen-bond acceptors (Lipinski definition) is 2. The van der Waals surface area contributed by atoms with Gasteiger partial charge in [-0.3, -0.25) is 4.79 Å². The fourth-order valence-corrected chi connectivity index (χ4v) is 2.50. The van der Waals surface area contributed by atoms with Gasteiger partial charge in [-0.1, -0.05) is 13.8 Å². The van der Waals surface area contributed by atoms with Crippen molar-refractivity contribution in [1.29, 1.82) is 0 Å². The van der Waals surface area contributed by atoms with Gasteiger partial charge in [-0.25, -0.2) is 0 Å². The summed E-state index contributed by atoms with van der Waals surface area (Å²) < 4.78 is 0. The molecule has 1 fully saturated rings. The Morgan fingerprint density at radius 2 is 1.71 bits per heavy atom. The quantitative estimate of drug-likeness (QED) is 0.749. The zero-order valence-electron chi connectivity index (χ0n) is 8.77. The molecule has 1 saturated carbocycles. The van der Waals surface area contributed by atoms with Crippen LogP contribution in [0.3, 0.4) is 0 Å². The van der Waals surface area contributed by atoms with Crippen LogP contribution in [0.5, 0.6) is 0 Å². The van der Waals surface area contributed by atoms with Crippen molar-refractivity contribution in [3.63, 3.8) is 0 Å². The van der Waals surface area contributed by atoms with E-state index in [1.54, 1.807) is 0 Å². The van der Waals surface area contributed by atoms with Gasteiger partial charge in [0, 0.05) is 0 Å². The van der Waals surface area contributed by atoms with Crippen LogP contribution in [0.25, 0.3) is 0 Å². The Labute approximate surface area is 91.5 Å². The normalized spacial score (nSPS) is 34.4.